The van der Waals surface area contributed by atoms with E-state index in [0.29, 0.717) is 17.2 Å². The molecule has 0 aromatic carbocycles. The molecule has 1 aromatic rings. The van der Waals surface area contributed by atoms with E-state index in [4.69, 9.17) is 4.42 Å². The van der Waals surface area contributed by atoms with Crippen LogP contribution in [0.25, 0.3) is 0 Å². The van der Waals surface area contributed by atoms with E-state index in [1.807, 2.05) is 20.8 Å². The molecule has 0 unspecified atom stereocenters. The summed E-state index contributed by atoms with van der Waals surface area (Å²) in [5.41, 5.74) is 1.64. The number of furan rings is 1. The molecule has 0 saturated heterocycles. The van der Waals surface area contributed by atoms with Crippen LogP contribution in [0.2, 0.25) is 0 Å². The second-order valence-electron chi connectivity index (χ2n) is 4.65. The van der Waals surface area contributed by atoms with Crippen molar-refractivity contribution in [1.29, 1.82) is 0 Å². The standard InChI is InChI=1S/C13H21NO2/c1-8(2)6-7-14-13(15)12-9(3)10(4)16-11(12)5/h8H,6-7H2,1-5H3,(H,14,15). The van der Waals surface area contributed by atoms with Gasteiger partial charge in [-0.1, -0.05) is 13.8 Å². The molecule has 0 aliphatic rings. The van der Waals surface area contributed by atoms with Crippen molar-refractivity contribution in [3.8, 4) is 0 Å². The van der Waals surface area contributed by atoms with Gasteiger partial charge in [0, 0.05) is 12.1 Å². The number of carbonyl (C=O) groups is 1. The highest BCUT2D eigenvalue weighted by molar-refractivity contribution is 5.96. The average molecular weight is 223 g/mol. The first-order valence-electron chi connectivity index (χ1n) is 5.78. The molecule has 3 heteroatoms. The van der Waals surface area contributed by atoms with E-state index < -0.39 is 0 Å². The van der Waals surface area contributed by atoms with E-state index in [9.17, 15) is 4.79 Å². The topological polar surface area (TPSA) is 42.2 Å². The lowest BCUT2D eigenvalue weighted by Gasteiger charge is -2.07. The smallest absolute Gasteiger partial charge is 0.255 e. The van der Waals surface area contributed by atoms with E-state index in [1.165, 1.54) is 0 Å². The van der Waals surface area contributed by atoms with Crippen LogP contribution < -0.4 is 5.32 Å². The Balaban J connectivity index is 2.66. The quantitative estimate of drug-likeness (QED) is 0.852. The molecule has 3 nitrogen and oxygen atoms in total. The van der Waals surface area contributed by atoms with Crippen LogP contribution in [0.4, 0.5) is 0 Å². The molecule has 0 spiro atoms. The Morgan fingerprint density at radius 3 is 2.31 bits per heavy atom. The first kappa shape index (κ1) is 12.8. The molecule has 0 aliphatic heterocycles. The van der Waals surface area contributed by atoms with Gasteiger partial charge < -0.3 is 9.73 Å². The van der Waals surface area contributed by atoms with Crippen LogP contribution in [0.1, 0.15) is 47.7 Å². The minimum Gasteiger partial charge on any atom is -0.466 e. The van der Waals surface area contributed by atoms with Crippen molar-refractivity contribution in [3.63, 3.8) is 0 Å². The van der Waals surface area contributed by atoms with Gasteiger partial charge in [0.25, 0.3) is 5.91 Å². The van der Waals surface area contributed by atoms with Gasteiger partial charge in [0.1, 0.15) is 11.5 Å². The number of hydrogen-bond donors (Lipinski definition) is 1. The van der Waals surface area contributed by atoms with Crippen LogP contribution in [0.5, 0.6) is 0 Å². The van der Waals surface area contributed by atoms with Crippen molar-refractivity contribution in [3.05, 3.63) is 22.6 Å². The van der Waals surface area contributed by atoms with Gasteiger partial charge in [-0.2, -0.15) is 0 Å². The van der Waals surface area contributed by atoms with Crippen LogP contribution >= 0.6 is 0 Å². The Bertz CT molecular complexity index is 378. The van der Waals surface area contributed by atoms with E-state index in [0.717, 1.165) is 24.3 Å². The Labute approximate surface area is 97.2 Å². The zero-order chi connectivity index (χ0) is 12.3. The first-order valence-corrected chi connectivity index (χ1v) is 5.78. The molecule has 0 bridgehead atoms. The fourth-order valence-corrected chi connectivity index (χ4v) is 1.69. The molecule has 0 atom stereocenters. The average Bonchev–Trinajstić information content (AvgIpc) is 2.40. The maximum Gasteiger partial charge on any atom is 0.255 e. The van der Waals surface area contributed by atoms with Crippen LogP contribution in [-0.2, 0) is 0 Å². The van der Waals surface area contributed by atoms with Crippen molar-refractivity contribution in [1.82, 2.24) is 5.32 Å². The van der Waals surface area contributed by atoms with Crippen molar-refractivity contribution >= 4 is 5.91 Å². The van der Waals surface area contributed by atoms with E-state index >= 15 is 0 Å². The van der Waals surface area contributed by atoms with Gasteiger partial charge in [-0.3, -0.25) is 4.79 Å². The summed E-state index contributed by atoms with van der Waals surface area (Å²) in [6.07, 6.45) is 1.00. The second kappa shape index (κ2) is 5.19. The molecule has 90 valence electrons. The summed E-state index contributed by atoms with van der Waals surface area (Å²) >= 11 is 0. The van der Waals surface area contributed by atoms with Crippen LogP contribution in [0.15, 0.2) is 4.42 Å². The van der Waals surface area contributed by atoms with Gasteiger partial charge in [-0.25, -0.2) is 0 Å². The van der Waals surface area contributed by atoms with E-state index in [-0.39, 0.29) is 5.91 Å². The molecule has 1 heterocycles. The van der Waals surface area contributed by atoms with Crippen molar-refractivity contribution in [2.24, 2.45) is 5.92 Å². The minimum absolute atomic E-state index is 0.0208. The highest BCUT2D eigenvalue weighted by Crippen LogP contribution is 2.20. The third kappa shape index (κ3) is 2.87. The predicted molar refractivity (Wildman–Crippen MR) is 64.7 cm³/mol. The molecule has 1 aromatic heterocycles. The summed E-state index contributed by atoms with van der Waals surface area (Å²) in [6, 6.07) is 0. The molecule has 1 rings (SSSR count). The van der Waals surface area contributed by atoms with Crippen LogP contribution in [-0.4, -0.2) is 12.5 Å². The zero-order valence-electron chi connectivity index (χ0n) is 10.8. The lowest BCUT2D eigenvalue weighted by molar-refractivity contribution is 0.0950. The van der Waals surface area contributed by atoms with Crippen molar-refractivity contribution in [2.75, 3.05) is 6.54 Å². The molecule has 1 N–H and O–H groups in total. The monoisotopic (exact) mass is 223 g/mol. The third-order valence-electron chi connectivity index (χ3n) is 2.80. The molecular weight excluding hydrogens is 202 g/mol. The zero-order valence-corrected chi connectivity index (χ0v) is 10.8. The third-order valence-corrected chi connectivity index (χ3v) is 2.80. The fourth-order valence-electron chi connectivity index (χ4n) is 1.69. The Kier molecular flexibility index (Phi) is 4.16. The normalized spacial score (nSPS) is 10.9. The van der Waals surface area contributed by atoms with Crippen LogP contribution in [0.3, 0.4) is 0 Å². The summed E-state index contributed by atoms with van der Waals surface area (Å²) in [5, 5.41) is 2.93. The molecule has 0 radical (unpaired) electrons. The van der Waals surface area contributed by atoms with E-state index in [1.54, 1.807) is 0 Å². The van der Waals surface area contributed by atoms with Crippen LogP contribution in [0, 0.1) is 26.7 Å². The molecule has 1 amide bonds. The minimum atomic E-state index is -0.0208. The summed E-state index contributed by atoms with van der Waals surface area (Å²) in [7, 11) is 0. The Morgan fingerprint density at radius 2 is 1.88 bits per heavy atom. The van der Waals surface area contributed by atoms with Gasteiger partial charge >= 0.3 is 0 Å². The highest BCUT2D eigenvalue weighted by Gasteiger charge is 2.17. The fraction of sp³-hybridized carbons (Fsp3) is 0.615. The molecule has 0 saturated carbocycles. The summed E-state index contributed by atoms with van der Waals surface area (Å²) in [4.78, 5) is 11.9. The highest BCUT2D eigenvalue weighted by atomic mass is 16.3. The molecule has 0 aliphatic carbocycles. The Hall–Kier alpha value is -1.25. The maximum atomic E-state index is 11.9. The first-order chi connectivity index (χ1) is 7.43. The molecule has 0 fully saturated rings. The predicted octanol–water partition coefficient (Wildman–Crippen LogP) is 2.98. The van der Waals surface area contributed by atoms with Gasteiger partial charge in [0.15, 0.2) is 0 Å². The van der Waals surface area contributed by atoms with Gasteiger partial charge in [-0.05, 0) is 33.1 Å². The molecular formula is C13H21NO2. The number of nitrogens with one attached hydrogen (secondary N) is 1. The lowest BCUT2D eigenvalue weighted by Crippen LogP contribution is -2.26. The number of amides is 1. The van der Waals surface area contributed by atoms with Gasteiger partial charge in [0.2, 0.25) is 0 Å². The number of aryl methyl sites for hydroxylation is 2. The van der Waals surface area contributed by atoms with Crippen molar-refractivity contribution in [2.45, 2.75) is 41.0 Å². The Morgan fingerprint density at radius 1 is 1.25 bits per heavy atom. The lowest BCUT2D eigenvalue weighted by atomic mass is 10.1. The number of carbonyl (C=O) groups excluding carboxylic acids is 1. The SMILES string of the molecule is Cc1oc(C)c(C(=O)NCCC(C)C)c1C. The van der Waals surface area contributed by atoms with Gasteiger partial charge in [-0.15, -0.1) is 0 Å². The maximum absolute atomic E-state index is 11.9. The van der Waals surface area contributed by atoms with Gasteiger partial charge in [0.05, 0.1) is 5.56 Å². The molecule has 16 heavy (non-hydrogen) atoms. The summed E-state index contributed by atoms with van der Waals surface area (Å²) < 4.78 is 5.43. The number of hydrogen-bond acceptors (Lipinski definition) is 2. The van der Waals surface area contributed by atoms with E-state index in [2.05, 4.69) is 19.2 Å². The second-order valence-corrected chi connectivity index (χ2v) is 4.65. The summed E-state index contributed by atoms with van der Waals surface area (Å²) in [6.45, 7) is 10.6. The number of rotatable bonds is 4. The largest absolute Gasteiger partial charge is 0.466 e. The summed E-state index contributed by atoms with van der Waals surface area (Å²) in [5.74, 6) is 2.12. The van der Waals surface area contributed by atoms with Crippen molar-refractivity contribution < 1.29 is 9.21 Å².